The number of aryl methyl sites for hydroxylation is 1. The summed E-state index contributed by atoms with van der Waals surface area (Å²) in [6.45, 7) is 2.01. The summed E-state index contributed by atoms with van der Waals surface area (Å²) in [5.74, 6) is -0.0205. The van der Waals surface area contributed by atoms with Crippen molar-refractivity contribution < 1.29 is 13.2 Å². The summed E-state index contributed by atoms with van der Waals surface area (Å²) in [4.78, 5) is 16.6. The molecule has 146 valence electrons. The van der Waals surface area contributed by atoms with Gasteiger partial charge in [0.15, 0.2) is 0 Å². The summed E-state index contributed by atoms with van der Waals surface area (Å²) >= 11 is 5.89. The van der Waals surface area contributed by atoms with Crippen molar-refractivity contribution in [1.82, 2.24) is 20.1 Å². The number of rotatable bonds is 6. The number of halogens is 1. The Morgan fingerprint density at radius 1 is 1.11 bits per heavy atom. The van der Waals surface area contributed by atoms with Crippen LogP contribution < -0.4 is 10.5 Å². The molecule has 0 radical (unpaired) electrons. The topological polar surface area (TPSA) is 120 Å². The van der Waals surface area contributed by atoms with Gasteiger partial charge in [0, 0.05) is 11.6 Å². The fourth-order valence-electron chi connectivity index (χ4n) is 2.56. The molecule has 0 unspecified atom stereocenters. The summed E-state index contributed by atoms with van der Waals surface area (Å²) in [5.41, 5.74) is 2.14. The minimum absolute atomic E-state index is 0.0540. The molecule has 0 spiro atoms. The van der Waals surface area contributed by atoms with Crippen LogP contribution in [-0.2, 0) is 22.3 Å². The van der Waals surface area contributed by atoms with Crippen LogP contribution >= 0.6 is 11.6 Å². The van der Waals surface area contributed by atoms with Crippen LogP contribution in [-0.4, -0.2) is 29.1 Å². The van der Waals surface area contributed by atoms with Crippen LogP contribution in [0.4, 0.5) is 0 Å². The number of sulfonamides is 1. The monoisotopic (exact) mass is 419 g/mol. The van der Waals surface area contributed by atoms with Gasteiger partial charge in [0.2, 0.25) is 15.8 Å². The second-order valence-electron chi connectivity index (χ2n) is 6.18. The Morgan fingerprint density at radius 3 is 2.32 bits per heavy atom. The second kappa shape index (κ2) is 8.09. The second-order valence-corrected chi connectivity index (χ2v) is 8.23. The standard InChI is InChI=1S/C18H18ClN5O3S/c1-12-22-17(23-24(12)16-8-6-15(19)7-9-16)18(25)21-10-13-2-4-14(5-3-13)11-28(20,26)27/h2-9H,10-11H2,1H3,(H,21,25)(H2,20,26,27). The van der Waals surface area contributed by atoms with E-state index in [9.17, 15) is 13.2 Å². The van der Waals surface area contributed by atoms with Gasteiger partial charge in [-0.25, -0.2) is 23.2 Å². The number of primary sulfonamides is 1. The maximum atomic E-state index is 12.4. The van der Waals surface area contributed by atoms with E-state index in [1.165, 1.54) is 0 Å². The van der Waals surface area contributed by atoms with Gasteiger partial charge in [-0.1, -0.05) is 35.9 Å². The molecule has 0 bridgehead atoms. The molecule has 0 fully saturated rings. The van der Waals surface area contributed by atoms with Crippen LogP contribution in [0.2, 0.25) is 5.02 Å². The number of carbonyl (C=O) groups excluding carboxylic acids is 1. The number of nitrogens with zero attached hydrogens (tertiary/aromatic N) is 3. The Hall–Kier alpha value is -2.75. The van der Waals surface area contributed by atoms with Crippen molar-refractivity contribution in [3.63, 3.8) is 0 Å². The van der Waals surface area contributed by atoms with Crippen molar-refractivity contribution >= 4 is 27.5 Å². The molecular formula is C18H18ClN5O3S. The number of hydrogen-bond acceptors (Lipinski definition) is 5. The molecule has 2 aromatic carbocycles. The van der Waals surface area contributed by atoms with Crippen LogP contribution in [0, 0.1) is 6.92 Å². The summed E-state index contributed by atoms with van der Waals surface area (Å²) < 4.78 is 23.8. The van der Waals surface area contributed by atoms with Crippen molar-refractivity contribution in [1.29, 1.82) is 0 Å². The van der Waals surface area contributed by atoms with Gasteiger partial charge in [-0.15, -0.1) is 5.10 Å². The number of nitrogens with one attached hydrogen (secondary N) is 1. The van der Waals surface area contributed by atoms with Gasteiger partial charge in [-0.2, -0.15) is 0 Å². The fraction of sp³-hybridized carbons (Fsp3) is 0.167. The SMILES string of the molecule is Cc1nc(C(=O)NCc2ccc(CS(N)(=O)=O)cc2)nn1-c1ccc(Cl)cc1. The number of aromatic nitrogens is 3. The van der Waals surface area contributed by atoms with Crippen molar-refractivity contribution in [3.05, 3.63) is 76.3 Å². The van der Waals surface area contributed by atoms with E-state index in [1.807, 2.05) is 0 Å². The normalized spacial score (nSPS) is 11.4. The lowest BCUT2D eigenvalue weighted by Gasteiger charge is -2.05. The highest BCUT2D eigenvalue weighted by molar-refractivity contribution is 7.88. The molecule has 1 amide bonds. The molecule has 3 rings (SSSR count). The first-order valence-electron chi connectivity index (χ1n) is 8.27. The summed E-state index contributed by atoms with van der Waals surface area (Å²) in [6.07, 6.45) is 0. The number of benzene rings is 2. The predicted molar refractivity (Wildman–Crippen MR) is 106 cm³/mol. The maximum absolute atomic E-state index is 12.4. The number of nitrogens with two attached hydrogens (primary N) is 1. The highest BCUT2D eigenvalue weighted by Crippen LogP contribution is 2.14. The Balaban J connectivity index is 1.65. The van der Waals surface area contributed by atoms with Crippen LogP contribution in [0.3, 0.4) is 0 Å². The molecule has 0 aliphatic carbocycles. The molecule has 0 atom stereocenters. The Labute approximate surface area is 167 Å². The van der Waals surface area contributed by atoms with E-state index in [1.54, 1.807) is 60.1 Å². The van der Waals surface area contributed by atoms with Crippen LogP contribution in [0.1, 0.15) is 27.6 Å². The average molecular weight is 420 g/mol. The number of hydrogen-bond donors (Lipinski definition) is 2. The molecule has 8 nitrogen and oxygen atoms in total. The molecule has 0 saturated heterocycles. The molecule has 0 aliphatic rings. The van der Waals surface area contributed by atoms with Crippen molar-refractivity contribution in [2.45, 2.75) is 19.2 Å². The zero-order valence-corrected chi connectivity index (χ0v) is 16.5. The number of amides is 1. The fourth-order valence-corrected chi connectivity index (χ4v) is 3.34. The lowest BCUT2D eigenvalue weighted by molar-refractivity contribution is 0.0940. The van der Waals surface area contributed by atoms with E-state index in [0.29, 0.717) is 16.4 Å². The summed E-state index contributed by atoms with van der Waals surface area (Å²) in [5, 5.41) is 12.6. The third-order valence-electron chi connectivity index (χ3n) is 3.89. The first-order chi connectivity index (χ1) is 13.2. The van der Waals surface area contributed by atoms with E-state index in [2.05, 4.69) is 15.4 Å². The lowest BCUT2D eigenvalue weighted by atomic mass is 10.1. The highest BCUT2D eigenvalue weighted by Gasteiger charge is 2.15. The molecule has 3 aromatic rings. The summed E-state index contributed by atoms with van der Waals surface area (Å²) in [7, 11) is -3.57. The molecular weight excluding hydrogens is 402 g/mol. The smallest absolute Gasteiger partial charge is 0.291 e. The van der Waals surface area contributed by atoms with Crippen LogP contribution in [0.25, 0.3) is 5.69 Å². The Kier molecular flexibility index (Phi) is 5.78. The largest absolute Gasteiger partial charge is 0.345 e. The van der Waals surface area contributed by atoms with Crippen molar-refractivity contribution in [2.75, 3.05) is 0 Å². The molecule has 3 N–H and O–H groups in total. The minimum Gasteiger partial charge on any atom is -0.345 e. The van der Waals surface area contributed by atoms with Gasteiger partial charge in [0.1, 0.15) is 5.82 Å². The molecule has 1 aromatic heterocycles. The van der Waals surface area contributed by atoms with Crippen molar-refractivity contribution in [3.8, 4) is 5.69 Å². The van der Waals surface area contributed by atoms with E-state index in [4.69, 9.17) is 16.7 Å². The first kappa shape index (κ1) is 20.0. The van der Waals surface area contributed by atoms with E-state index in [0.717, 1.165) is 11.3 Å². The average Bonchev–Trinajstić information content (AvgIpc) is 3.02. The maximum Gasteiger partial charge on any atom is 0.291 e. The molecule has 10 heteroatoms. The van der Waals surface area contributed by atoms with Crippen molar-refractivity contribution in [2.24, 2.45) is 5.14 Å². The van der Waals surface area contributed by atoms with E-state index >= 15 is 0 Å². The minimum atomic E-state index is -3.57. The first-order valence-corrected chi connectivity index (χ1v) is 10.4. The van der Waals surface area contributed by atoms with E-state index in [-0.39, 0.29) is 18.1 Å². The molecule has 0 saturated carbocycles. The quantitative estimate of drug-likeness (QED) is 0.632. The van der Waals surface area contributed by atoms with Crippen LogP contribution in [0.15, 0.2) is 48.5 Å². The van der Waals surface area contributed by atoms with E-state index < -0.39 is 15.9 Å². The van der Waals surface area contributed by atoms with Gasteiger partial charge in [-0.05, 0) is 42.3 Å². The third-order valence-corrected chi connectivity index (χ3v) is 4.87. The van der Waals surface area contributed by atoms with Gasteiger partial charge in [0.05, 0.1) is 11.4 Å². The Bertz CT molecular complexity index is 1090. The van der Waals surface area contributed by atoms with Gasteiger partial charge < -0.3 is 5.32 Å². The number of carbonyl (C=O) groups is 1. The Morgan fingerprint density at radius 2 is 1.71 bits per heavy atom. The summed E-state index contributed by atoms with van der Waals surface area (Å²) in [6, 6.07) is 13.8. The third kappa shape index (κ3) is 5.16. The zero-order chi connectivity index (χ0) is 20.3. The van der Waals surface area contributed by atoms with Gasteiger partial charge >= 0.3 is 0 Å². The van der Waals surface area contributed by atoms with Gasteiger partial charge in [-0.3, -0.25) is 4.79 Å². The molecule has 28 heavy (non-hydrogen) atoms. The predicted octanol–water partition coefficient (Wildman–Crippen LogP) is 1.95. The zero-order valence-electron chi connectivity index (χ0n) is 15.0. The lowest BCUT2D eigenvalue weighted by Crippen LogP contribution is -2.24. The highest BCUT2D eigenvalue weighted by atomic mass is 35.5. The van der Waals surface area contributed by atoms with Crippen LogP contribution in [0.5, 0.6) is 0 Å². The van der Waals surface area contributed by atoms with Gasteiger partial charge in [0.25, 0.3) is 5.91 Å². The molecule has 1 heterocycles. The molecule has 0 aliphatic heterocycles.